The number of hydrogen-bond donors (Lipinski definition) is 1. The van der Waals surface area contributed by atoms with Gasteiger partial charge in [-0.05, 0) is 18.9 Å². The quantitative estimate of drug-likeness (QED) is 0.713. The second-order valence-corrected chi connectivity index (χ2v) is 11.0. The standard InChI is InChI=1S/C18H22N4O5S3/c23-16(20-18-19-3-10-28-18)13-1-4-22(5-2-13)30(25,26)15-11-14(12-29-15)17(24)21-6-8-27-9-7-21/h3,10-13H,1-2,4-9H2,(H,19,20,23). The molecule has 1 N–H and O–H groups in total. The molecule has 4 heterocycles. The molecule has 2 aliphatic heterocycles. The summed E-state index contributed by atoms with van der Waals surface area (Å²) in [6.07, 6.45) is 2.51. The van der Waals surface area contributed by atoms with E-state index in [0.29, 0.717) is 49.8 Å². The van der Waals surface area contributed by atoms with E-state index in [-0.39, 0.29) is 35.0 Å². The minimum Gasteiger partial charge on any atom is -0.378 e. The third-order valence-electron chi connectivity index (χ3n) is 5.20. The number of morpholine rings is 1. The lowest BCUT2D eigenvalue weighted by atomic mass is 9.97. The number of amides is 2. The second-order valence-electron chi connectivity index (χ2n) is 7.06. The first-order valence-corrected chi connectivity index (χ1v) is 12.8. The second kappa shape index (κ2) is 9.10. The number of ether oxygens (including phenoxy) is 1. The van der Waals surface area contributed by atoms with Crippen molar-refractivity contribution in [3.8, 4) is 0 Å². The van der Waals surface area contributed by atoms with E-state index < -0.39 is 10.0 Å². The van der Waals surface area contributed by atoms with Crippen molar-refractivity contribution in [3.63, 3.8) is 0 Å². The van der Waals surface area contributed by atoms with Gasteiger partial charge in [0.05, 0.1) is 18.8 Å². The Bertz CT molecular complexity index is 991. The van der Waals surface area contributed by atoms with Crippen LogP contribution in [0.5, 0.6) is 0 Å². The lowest BCUT2D eigenvalue weighted by molar-refractivity contribution is -0.120. The van der Waals surface area contributed by atoms with Gasteiger partial charge >= 0.3 is 0 Å². The van der Waals surface area contributed by atoms with Crippen LogP contribution in [0.15, 0.2) is 27.2 Å². The number of piperidine rings is 1. The van der Waals surface area contributed by atoms with E-state index in [0.717, 1.165) is 11.3 Å². The number of sulfonamides is 1. The van der Waals surface area contributed by atoms with Crippen molar-refractivity contribution < 1.29 is 22.7 Å². The van der Waals surface area contributed by atoms with Crippen molar-refractivity contribution >= 4 is 49.6 Å². The van der Waals surface area contributed by atoms with Crippen molar-refractivity contribution in [1.82, 2.24) is 14.2 Å². The lowest BCUT2D eigenvalue weighted by Crippen LogP contribution is -2.41. The highest BCUT2D eigenvalue weighted by atomic mass is 32.2. The number of carbonyl (C=O) groups is 2. The van der Waals surface area contributed by atoms with E-state index >= 15 is 0 Å². The number of hydrogen-bond acceptors (Lipinski definition) is 8. The third kappa shape index (κ3) is 4.57. The van der Waals surface area contributed by atoms with Crippen molar-refractivity contribution in [2.24, 2.45) is 5.92 Å². The fraction of sp³-hybridized carbons (Fsp3) is 0.500. The maximum absolute atomic E-state index is 13.0. The van der Waals surface area contributed by atoms with Crippen LogP contribution in [0.3, 0.4) is 0 Å². The van der Waals surface area contributed by atoms with Gasteiger partial charge < -0.3 is 15.0 Å². The highest BCUT2D eigenvalue weighted by Crippen LogP contribution is 2.29. The monoisotopic (exact) mass is 470 g/mol. The Kier molecular flexibility index (Phi) is 6.48. The van der Waals surface area contributed by atoms with Gasteiger partial charge in [-0.3, -0.25) is 9.59 Å². The first-order chi connectivity index (χ1) is 14.4. The van der Waals surface area contributed by atoms with E-state index in [2.05, 4.69) is 10.3 Å². The van der Waals surface area contributed by atoms with Gasteiger partial charge in [0.2, 0.25) is 5.91 Å². The van der Waals surface area contributed by atoms with Crippen LogP contribution in [0.4, 0.5) is 5.13 Å². The van der Waals surface area contributed by atoms with Gasteiger partial charge in [0.15, 0.2) is 5.13 Å². The molecule has 2 saturated heterocycles. The summed E-state index contributed by atoms with van der Waals surface area (Å²) in [6, 6.07) is 1.46. The Morgan fingerprint density at radius 2 is 1.87 bits per heavy atom. The molecule has 2 aromatic heterocycles. The Balaban J connectivity index is 1.37. The molecule has 162 valence electrons. The number of nitrogens with zero attached hydrogens (tertiary/aromatic N) is 3. The van der Waals surface area contributed by atoms with Crippen LogP contribution in [0.2, 0.25) is 0 Å². The number of thiazole rings is 1. The smallest absolute Gasteiger partial charge is 0.254 e. The maximum Gasteiger partial charge on any atom is 0.254 e. The minimum absolute atomic E-state index is 0.128. The maximum atomic E-state index is 13.0. The van der Waals surface area contributed by atoms with Crippen LogP contribution in [-0.2, 0) is 19.6 Å². The molecule has 4 rings (SSSR count). The molecule has 2 amide bonds. The molecule has 0 unspecified atom stereocenters. The van der Waals surface area contributed by atoms with Crippen LogP contribution in [0.1, 0.15) is 23.2 Å². The van der Waals surface area contributed by atoms with Crippen molar-refractivity contribution in [1.29, 1.82) is 0 Å². The zero-order chi connectivity index (χ0) is 21.1. The first-order valence-electron chi connectivity index (χ1n) is 9.61. The largest absolute Gasteiger partial charge is 0.378 e. The van der Waals surface area contributed by atoms with Crippen molar-refractivity contribution in [2.45, 2.75) is 17.1 Å². The molecule has 0 aromatic carbocycles. The van der Waals surface area contributed by atoms with Crippen LogP contribution in [0.25, 0.3) is 0 Å². The SMILES string of the molecule is O=C(Nc1nccs1)C1CCN(S(=O)(=O)c2cc(C(=O)N3CCOCC3)cs2)CC1. The summed E-state index contributed by atoms with van der Waals surface area (Å²) < 4.78 is 32.8. The van der Waals surface area contributed by atoms with E-state index in [1.807, 2.05) is 0 Å². The first kappa shape index (κ1) is 21.4. The summed E-state index contributed by atoms with van der Waals surface area (Å²) in [6.45, 7) is 2.53. The Hall–Kier alpha value is -1.86. The molecule has 2 aromatic rings. The highest BCUT2D eigenvalue weighted by Gasteiger charge is 2.33. The zero-order valence-electron chi connectivity index (χ0n) is 16.2. The molecule has 0 spiro atoms. The predicted molar refractivity (Wildman–Crippen MR) is 113 cm³/mol. The average molecular weight is 471 g/mol. The van der Waals surface area contributed by atoms with Gasteiger partial charge in [0.1, 0.15) is 4.21 Å². The molecule has 0 saturated carbocycles. The molecule has 0 atom stereocenters. The van der Waals surface area contributed by atoms with Crippen molar-refractivity contribution in [3.05, 3.63) is 28.6 Å². The number of aromatic nitrogens is 1. The van der Waals surface area contributed by atoms with Crippen LogP contribution in [-0.4, -0.2) is 73.8 Å². The van der Waals surface area contributed by atoms with Crippen LogP contribution in [0, 0.1) is 5.92 Å². The zero-order valence-corrected chi connectivity index (χ0v) is 18.6. The molecule has 2 aliphatic rings. The molecule has 0 aliphatic carbocycles. The normalized spacial score (nSPS) is 19.0. The molecule has 0 radical (unpaired) electrons. The fourth-order valence-corrected chi connectivity index (χ4v) is 6.80. The molecule has 0 bridgehead atoms. The Morgan fingerprint density at radius 3 is 2.53 bits per heavy atom. The van der Waals surface area contributed by atoms with Crippen LogP contribution < -0.4 is 5.32 Å². The van der Waals surface area contributed by atoms with Crippen LogP contribution >= 0.6 is 22.7 Å². The summed E-state index contributed by atoms with van der Waals surface area (Å²) in [5, 5.41) is 6.70. The number of carbonyl (C=O) groups excluding carboxylic acids is 2. The molecule has 2 fully saturated rings. The van der Waals surface area contributed by atoms with E-state index in [9.17, 15) is 18.0 Å². The van der Waals surface area contributed by atoms with Gasteiger partial charge in [-0.2, -0.15) is 4.31 Å². The molecule has 12 heteroatoms. The summed E-state index contributed by atoms with van der Waals surface area (Å²) in [5.74, 6) is -0.549. The topological polar surface area (TPSA) is 109 Å². The summed E-state index contributed by atoms with van der Waals surface area (Å²) in [5.41, 5.74) is 0.387. The van der Waals surface area contributed by atoms with E-state index in [1.165, 1.54) is 21.7 Å². The molecule has 9 nitrogen and oxygen atoms in total. The third-order valence-corrected chi connectivity index (χ3v) is 9.20. The van der Waals surface area contributed by atoms with Gasteiger partial charge in [-0.15, -0.1) is 22.7 Å². The number of nitrogens with one attached hydrogen (secondary N) is 1. The van der Waals surface area contributed by atoms with Crippen molar-refractivity contribution in [2.75, 3.05) is 44.7 Å². The van der Waals surface area contributed by atoms with E-state index in [4.69, 9.17) is 4.74 Å². The van der Waals surface area contributed by atoms with Gasteiger partial charge in [-0.1, -0.05) is 0 Å². The number of thiophene rings is 1. The molecule has 30 heavy (non-hydrogen) atoms. The minimum atomic E-state index is -3.69. The van der Waals surface area contributed by atoms with Gasteiger partial charge in [0, 0.05) is 49.1 Å². The number of rotatable bonds is 5. The highest BCUT2D eigenvalue weighted by molar-refractivity contribution is 7.91. The molecular weight excluding hydrogens is 448 g/mol. The van der Waals surface area contributed by atoms with Gasteiger partial charge in [0.25, 0.3) is 15.9 Å². The summed E-state index contributed by atoms with van der Waals surface area (Å²) in [4.78, 5) is 30.7. The predicted octanol–water partition coefficient (Wildman–Crippen LogP) is 1.72. The van der Waals surface area contributed by atoms with Gasteiger partial charge in [-0.25, -0.2) is 13.4 Å². The average Bonchev–Trinajstić information content (AvgIpc) is 3.46. The summed E-state index contributed by atoms with van der Waals surface area (Å²) >= 11 is 2.40. The molecular formula is C18H22N4O5S3. The Morgan fingerprint density at radius 1 is 1.13 bits per heavy atom. The summed E-state index contributed by atoms with van der Waals surface area (Å²) in [7, 11) is -3.69. The fourth-order valence-electron chi connectivity index (χ4n) is 3.49. The lowest BCUT2D eigenvalue weighted by Gasteiger charge is -2.30. The number of anilines is 1. The Labute approximate surface area is 182 Å². The van der Waals surface area contributed by atoms with E-state index in [1.54, 1.807) is 21.9 Å².